The topological polar surface area (TPSA) is 29.1 Å². The maximum Gasteiger partial charge on any atom is 0.223 e. The summed E-state index contributed by atoms with van der Waals surface area (Å²) >= 11 is 0. The minimum absolute atomic E-state index is 0.262. The van der Waals surface area contributed by atoms with Crippen molar-refractivity contribution in [2.45, 2.75) is 33.1 Å². The number of carbonyl (C=O) groups excluding carboxylic acids is 1. The zero-order valence-electron chi connectivity index (χ0n) is 7.39. The Morgan fingerprint density at radius 2 is 2.18 bits per heavy atom. The van der Waals surface area contributed by atoms with Crippen molar-refractivity contribution in [1.82, 2.24) is 5.32 Å². The molecule has 1 amide bonds. The van der Waals surface area contributed by atoms with Gasteiger partial charge < -0.3 is 5.32 Å². The Bertz CT molecular complexity index is 142. The molecule has 1 saturated heterocycles. The fourth-order valence-corrected chi connectivity index (χ4v) is 1.60. The number of carbonyl (C=O) groups is 1. The molecule has 0 aromatic heterocycles. The summed E-state index contributed by atoms with van der Waals surface area (Å²) in [6.45, 7) is 5.12. The molecule has 1 aliphatic heterocycles. The largest absolute Gasteiger partial charge is 0.356 e. The highest BCUT2D eigenvalue weighted by Crippen LogP contribution is 2.20. The van der Waals surface area contributed by atoms with Gasteiger partial charge in [0.15, 0.2) is 0 Å². The van der Waals surface area contributed by atoms with Crippen LogP contribution in [0.3, 0.4) is 0 Å². The Morgan fingerprint density at radius 1 is 1.45 bits per heavy atom. The number of hydrogen-bond acceptors (Lipinski definition) is 1. The van der Waals surface area contributed by atoms with E-state index in [4.69, 9.17) is 0 Å². The molecule has 1 heterocycles. The van der Waals surface area contributed by atoms with E-state index in [9.17, 15) is 4.79 Å². The van der Waals surface area contributed by atoms with Crippen molar-refractivity contribution in [1.29, 1.82) is 0 Å². The lowest BCUT2D eigenvalue weighted by molar-refractivity contribution is -0.125. The first-order valence-corrected chi connectivity index (χ1v) is 4.49. The summed E-state index contributed by atoms with van der Waals surface area (Å²) in [6.07, 6.45) is 3.42. The van der Waals surface area contributed by atoms with Gasteiger partial charge in [0, 0.05) is 12.5 Å². The second-order valence-corrected chi connectivity index (χ2v) is 3.64. The molecule has 1 rings (SSSR count). The van der Waals surface area contributed by atoms with Crippen LogP contribution in [0.1, 0.15) is 33.1 Å². The predicted octanol–water partition coefficient (Wildman–Crippen LogP) is 1.56. The number of hydrogen-bond donors (Lipinski definition) is 1. The molecule has 11 heavy (non-hydrogen) atoms. The first-order chi connectivity index (χ1) is 5.22. The molecular formula is C9H17NO. The van der Waals surface area contributed by atoms with E-state index in [0.717, 1.165) is 19.4 Å². The summed E-state index contributed by atoms with van der Waals surface area (Å²) in [5.41, 5.74) is 0. The Morgan fingerprint density at radius 3 is 2.82 bits per heavy atom. The highest BCUT2D eigenvalue weighted by atomic mass is 16.1. The van der Waals surface area contributed by atoms with E-state index >= 15 is 0 Å². The molecule has 2 heteroatoms. The van der Waals surface area contributed by atoms with Crippen LogP contribution in [0, 0.1) is 11.8 Å². The number of nitrogens with one attached hydrogen (secondary N) is 1. The second kappa shape index (κ2) is 3.74. The van der Waals surface area contributed by atoms with E-state index in [-0.39, 0.29) is 11.8 Å². The van der Waals surface area contributed by atoms with Crippen LogP contribution in [0.15, 0.2) is 0 Å². The van der Waals surface area contributed by atoms with Crippen LogP contribution >= 0.6 is 0 Å². The van der Waals surface area contributed by atoms with Crippen molar-refractivity contribution in [3.8, 4) is 0 Å². The molecule has 64 valence electrons. The predicted molar refractivity (Wildman–Crippen MR) is 45.2 cm³/mol. The zero-order chi connectivity index (χ0) is 8.27. The summed E-state index contributed by atoms with van der Waals surface area (Å²) in [7, 11) is 0. The number of rotatable bonds is 1. The maximum atomic E-state index is 11.3. The third kappa shape index (κ3) is 2.21. The second-order valence-electron chi connectivity index (χ2n) is 3.64. The van der Waals surface area contributed by atoms with Gasteiger partial charge in [-0.3, -0.25) is 4.79 Å². The van der Waals surface area contributed by atoms with Gasteiger partial charge in [0.05, 0.1) is 0 Å². The smallest absolute Gasteiger partial charge is 0.223 e. The van der Waals surface area contributed by atoms with E-state index in [1.165, 1.54) is 6.42 Å². The third-order valence-corrected chi connectivity index (χ3v) is 2.38. The molecule has 0 aromatic rings. The quantitative estimate of drug-likeness (QED) is 0.611. The molecule has 0 saturated carbocycles. The van der Waals surface area contributed by atoms with E-state index in [2.05, 4.69) is 19.2 Å². The van der Waals surface area contributed by atoms with Crippen molar-refractivity contribution < 1.29 is 4.79 Å². The molecule has 1 unspecified atom stereocenters. The van der Waals surface area contributed by atoms with E-state index < -0.39 is 0 Å². The van der Waals surface area contributed by atoms with Gasteiger partial charge in [0.1, 0.15) is 0 Å². The lowest BCUT2D eigenvalue weighted by Gasteiger charge is -2.16. The average Bonchev–Trinajstić information content (AvgIpc) is 2.13. The van der Waals surface area contributed by atoms with Crippen molar-refractivity contribution >= 4 is 5.91 Å². The molecule has 0 bridgehead atoms. The van der Waals surface area contributed by atoms with Crippen LogP contribution in [0.25, 0.3) is 0 Å². The minimum Gasteiger partial charge on any atom is -0.356 e. The van der Waals surface area contributed by atoms with Gasteiger partial charge in [-0.1, -0.05) is 20.3 Å². The highest BCUT2D eigenvalue weighted by Gasteiger charge is 2.22. The van der Waals surface area contributed by atoms with Gasteiger partial charge in [0.25, 0.3) is 0 Å². The Kier molecular flexibility index (Phi) is 2.92. The summed E-state index contributed by atoms with van der Waals surface area (Å²) in [6, 6.07) is 0. The fraction of sp³-hybridized carbons (Fsp3) is 0.889. The Hall–Kier alpha value is -0.530. The van der Waals surface area contributed by atoms with Gasteiger partial charge in [-0.15, -0.1) is 0 Å². The van der Waals surface area contributed by atoms with Gasteiger partial charge in [0.2, 0.25) is 5.91 Å². The average molecular weight is 155 g/mol. The molecule has 2 nitrogen and oxygen atoms in total. The van der Waals surface area contributed by atoms with Crippen LogP contribution in [-0.4, -0.2) is 12.5 Å². The molecule has 0 radical (unpaired) electrons. The fourth-order valence-electron chi connectivity index (χ4n) is 1.60. The minimum atomic E-state index is 0.262. The Labute approximate surface area is 68.4 Å². The van der Waals surface area contributed by atoms with Gasteiger partial charge in [-0.25, -0.2) is 0 Å². The van der Waals surface area contributed by atoms with E-state index in [0.29, 0.717) is 5.92 Å². The van der Waals surface area contributed by atoms with Crippen LogP contribution in [-0.2, 0) is 4.79 Å². The summed E-state index contributed by atoms with van der Waals surface area (Å²) < 4.78 is 0. The maximum absolute atomic E-state index is 11.3. The van der Waals surface area contributed by atoms with E-state index in [1.54, 1.807) is 0 Å². The molecular weight excluding hydrogens is 138 g/mol. The SMILES string of the molecule is CC(C)C1CCCCNC1=O. The molecule has 1 aliphatic rings. The first kappa shape index (κ1) is 8.57. The summed E-state index contributed by atoms with van der Waals surface area (Å²) in [5, 5.41) is 2.94. The van der Waals surface area contributed by atoms with Crippen LogP contribution in [0.5, 0.6) is 0 Å². The molecule has 0 aromatic carbocycles. The standard InChI is InChI=1S/C9H17NO/c1-7(2)8-5-3-4-6-10-9(8)11/h7-8H,3-6H2,1-2H3,(H,10,11). The van der Waals surface area contributed by atoms with Crippen molar-refractivity contribution in [2.75, 3.05) is 6.54 Å². The van der Waals surface area contributed by atoms with Crippen LogP contribution < -0.4 is 5.32 Å². The normalized spacial score (nSPS) is 26.5. The monoisotopic (exact) mass is 155 g/mol. The first-order valence-electron chi connectivity index (χ1n) is 4.49. The van der Waals surface area contributed by atoms with E-state index in [1.807, 2.05) is 0 Å². The van der Waals surface area contributed by atoms with Crippen molar-refractivity contribution in [3.05, 3.63) is 0 Å². The molecule has 1 fully saturated rings. The lowest BCUT2D eigenvalue weighted by atomic mass is 9.91. The molecule has 1 atom stereocenters. The molecule has 0 spiro atoms. The zero-order valence-corrected chi connectivity index (χ0v) is 7.39. The van der Waals surface area contributed by atoms with Crippen molar-refractivity contribution in [3.63, 3.8) is 0 Å². The molecule has 0 aliphatic carbocycles. The Balaban J connectivity index is 2.52. The van der Waals surface area contributed by atoms with Gasteiger partial charge >= 0.3 is 0 Å². The van der Waals surface area contributed by atoms with Crippen LogP contribution in [0.4, 0.5) is 0 Å². The van der Waals surface area contributed by atoms with Crippen LogP contribution in [0.2, 0.25) is 0 Å². The highest BCUT2D eigenvalue weighted by molar-refractivity contribution is 5.79. The third-order valence-electron chi connectivity index (χ3n) is 2.38. The molecule has 1 N–H and O–H groups in total. The summed E-state index contributed by atoms with van der Waals surface area (Å²) in [5.74, 6) is 1.02. The van der Waals surface area contributed by atoms with Gasteiger partial charge in [-0.05, 0) is 18.8 Å². The summed E-state index contributed by atoms with van der Waals surface area (Å²) in [4.78, 5) is 11.3. The van der Waals surface area contributed by atoms with Gasteiger partial charge in [-0.2, -0.15) is 0 Å². The lowest BCUT2D eigenvalue weighted by Crippen LogP contribution is -2.31. The number of amides is 1. The van der Waals surface area contributed by atoms with Crippen molar-refractivity contribution in [2.24, 2.45) is 11.8 Å².